The third-order valence-corrected chi connectivity index (χ3v) is 5.15. The summed E-state index contributed by atoms with van der Waals surface area (Å²) in [6.45, 7) is 1.76. The normalized spacial score (nSPS) is 11.7. The molecule has 0 aliphatic carbocycles. The summed E-state index contributed by atoms with van der Waals surface area (Å²) >= 11 is 1.11. The van der Waals surface area contributed by atoms with E-state index in [-0.39, 0.29) is 12.1 Å². The Bertz CT molecular complexity index is 1040. The van der Waals surface area contributed by atoms with Crippen LogP contribution in [0.5, 0.6) is 0 Å². The van der Waals surface area contributed by atoms with Gasteiger partial charge in [-0.3, -0.25) is 9.59 Å². The molecule has 3 rings (SSSR count). The fourth-order valence-corrected chi connectivity index (χ4v) is 3.56. The Balaban J connectivity index is 1.79. The number of carbonyl (C=O) groups is 1. The molecule has 0 radical (unpaired) electrons. The number of aromatic nitrogens is 2. The van der Waals surface area contributed by atoms with Crippen LogP contribution in [0.15, 0.2) is 35.4 Å². The summed E-state index contributed by atoms with van der Waals surface area (Å²) < 4.78 is 39.0. The number of hydrogen-bond acceptors (Lipinski definition) is 4. The lowest BCUT2D eigenvalue weighted by Crippen LogP contribution is -2.23. The highest BCUT2D eigenvalue weighted by Crippen LogP contribution is 2.29. The molecule has 5 nitrogen and oxygen atoms in total. The van der Waals surface area contributed by atoms with E-state index in [1.165, 1.54) is 23.0 Å². The van der Waals surface area contributed by atoms with Gasteiger partial charge in [0.05, 0.1) is 22.2 Å². The van der Waals surface area contributed by atoms with Crippen molar-refractivity contribution in [3.63, 3.8) is 0 Å². The molecular weight excluding hydrogens is 367 g/mol. The Labute approximate surface area is 150 Å². The topological polar surface area (TPSA) is 64.0 Å². The minimum Gasteiger partial charge on any atom is -0.347 e. The van der Waals surface area contributed by atoms with Gasteiger partial charge >= 0.3 is 6.18 Å². The van der Waals surface area contributed by atoms with Crippen LogP contribution < -0.4 is 10.9 Å². The standard InChI is InChI=1S/C17H14F3N3O2S/c1-9-12-15(22-8-23(2)16(12)25)26-13(9)14(24)21-7-10-3-5-11(6-4-10)17(18,19)20/h3-6,8H,7H2,1-2H3,(H,21,24). The van der Waals surface area contributed by atoms with Gasteiger partial charge in [-0.1, -0.05) is 12.1 Å². The van der Waals surface area contributed by atoms with Crippen molar-refractivity contribution in [2.75, 3.05) is 0 Å². The van der Waals surface area contributed by atoms with Crippen LogP contribution in [0.4, 0.5) is 13.2 Å². The van der Waals surface area contributed by atoms with Crippen LogP contribution in [0.1, 0.15) is 26.4 Å². The molecule has 3 aromatic rings. The lowest BCUT2D eigenvalue weighted by molar-refractivity contribution is -0.137. The first-order valence-corrected chi connectivity index (χ1v) is 8.39. The fraction of sp³-hybridized carbons (Fsp3) is 0.235. The van der Waals surface area contributed by atoms with E-state index in [2.05, 4.69) is 10.3 Å². The Morgan fingerprint density at radius 3 is 2.54 bits per heavy atom. The number of thiophene rings is 1. The van der Waals surface area contributed by atoms with Gasteiger partial charge in [-0.2, -0.15) is 13.2 Å². The lowest BCUT2D eigenvalue weighted by atomic mass is 10.1. The van der Waals surface area contributed by atoms with Gasteiger partial charge in [0.1, 0.15) is 4.83 Å². The van der Waals surface area contributed by atoms with Crippen LogP contribution in [0, 0.1) is 6.92 Å². The van der Waals surface area contributed by atoms with Crippen LogP contribution >= 0.6 is 11.3 Å². The number of fused-ring (bicyclic) bond motifs is 1. The molecule has 0 fully saturated rings. The van der Waals surface area contributed by atoms with Gasteiger partial charge in [0.15, 0.2) is 0 Å². The molecule has 0 aliphatic rings. The Hall–Kier alpha value is -2.68. The fourth-order valence-electron chi connectivity index (χ4n) is 2.50. The maximum Gasteiger partial charge on any atom is 0.416 e. The van der Waals surface area contributed by atoms with Crippen molar-refractivity contribution in [2.45, 2.75) is 19.6 Å². The van der Waals surface area contributed by atoms with Crippen molar-refractivity contribution in [1.82, 2.24) is 14.9 Å². The molecule has 136 valence electrons. The first kappa shape index (κ1) is 18.1. The molecule has 2 aromatic heterocycles. The predicted octanol–water partition coefficient (Wildman–Crippen LogP) is 3.25. The van der Waals surface area contributed by atoms with Crippen molar-refractivity contribution < 1.29 is 18.0 Å². The zero-order valence-electron chi connectivity index (χ0n) is 13.8. The molecule has 0 spiro atoms. The quantitative estimate of drug-likeness (QED) is 0.758. The zero-order chi connectivity index (χ0) is 19.1. The van der Waals surface area contributed by atoms with Gasteiger partial charge in [0.25, 0.3) is 11.5 Å². The molecule has 0 saturated heterocycles. The summed E-state index contributed by atoms with van der Waals surface area (Å²) in [5.41, 5.74) is 0.114. The highest BCUT2D eigenvalue weighted by atomic mass is 32.1. The Morgan fingerprint density at radius 2 is 1.92 bits per heavy atom. The lowest BCUT2D eigenvalue weighted by Gasteiger charge is -2.08. The molecular formula is C17H14F3N3O2S. The van der Waals surface area contributed by atoms with Crippen LogP contribution in [0.3, 0.4) is 0 Å². The van der Waals surface area contributed by atoms with Crippen molar-refractivity contribution in [3.8, 4) is 0 Å². The summed E-state index contributed by atoms with van der Waals surface area (Å²) in [7, 11) is 1.58. The predicted molar refractivity (Wildman–Crippen MR) is 92.2 cm³/mol. The highest BCUT2D eigenvalue weighted by molar-refractivity contribution is 7.20. The molecule has 0 unspecified atom stereocenters. The maximum absolute atomic E-state index is 12.6. The maximum atomic E-state index is 12.6. The number of halogens is 3. The average molecular weight is 381 g/mol. The van der Waals surface area contributed by atoms with Gasteiger partial charge < -0.3 is 9.88 Å². The first-order chi connectivity index (χ1) is 12.2. The molecule has 1 amide bonds. The second kappa shape index (κ2) is 6.56. The summed E-state index contributed by atoms with van der Waals surface area (Å²) in [5.74, 6) is -0.396. The van der Waals surface area contributed by atoms with Crippen LogP contribution in [0.2, 0.25) is 0 Å². The summed E-state index contributed by atoms with van der Waals surface area (Å²) in [6.07, 6.45) is -3.00. The van der Waals surface area contributed by atoms with E-state index >= 15 is 0 Å². The van der Waals surface area contributed by atoms with Gasteiger partial charge in [-0.25, -0.2) is 4.98 Å². The van der Waals surface area contributed by atoms with E-state index in [1.54, 1.807) is 14.0 Å². The van der Waals surface area contributed by atoms with E-state index in [4.69, 9.17) is 0 Å². The Kier molecular flexibility index (Phi) is 4.57. The number of aryl methyl sites for hydroxylation is 2. The van der Waals surface area contributed by atoms with Gasteiger partial charge in [0.2, 0.25) is 0 Å². The van der Waals surface area contributed by atoms with Crippen molar-refractivity contribution >= 4 is 27.5 Å². The molecule has 9 heteroatoms. The second-order valence-electron chi connectivity index (χ2n) is 5.77. The highest BCUT2D eigenvalue weighted by Gasteiger charge is 2.29. The van der Waals surface area contributed by atoms with E-state index in [0.29, 0.717) is 26.2 Å². The van der Waals surface area contributed by atoms with E-state index in [9.17, 15) is 22.8 Å². The number of amides is 1. The Morgan fingerprint density at radius 1 is 1.27 bits per heavy atom. The SMILES string of the molecule is Cc1c(C(=O)NCc2ccc(C(F)(F)F)cc2)sc2ncn(C)c(=O)c12. The number of rotatable bonds is 3. The second-order valence-corrected chi connectivity index (χ2v) is 6.77. The molecule has 0 atom stereocenters. The summed E-state index contributed by atoms with van der Waals surface area (Å²) in [5, 5.41) is 3.07. The van der Waals surface area contributed by atoms with Gasteiger partial charge in [0, 0.05) is 13.6 Å². The number of benzene rings is 1. The van der Waals surface area contributed by atoms with Crippen molar-refractivity contribution in [2.24, 2.45) is 7.05 Å². The van der Waals surface area contributed by atoms with Gasteiger partial charge in [-0.15, -0.1) is 11.3 Å². The number of alkyl halides is 3. The van der Waals surface area contributed by atoms with Crippen LogP contribution in [-0.4, -0.2) is 15.5 Å². The molecule has 2 heterocycles. The van der Waals surface area contributed by atoms with Crippen LogP contribution in [0.25, 0.3) is 10.2 Å². The minimum atomic E-state index is -4.39. The largest absolute Gasteiger partial charge is 0.416 e. The third-order valence-electron chi connectivity index (χ3n) is 3.95. The molecule has 1 N–H and O–H groups in total. The van der Waals surface area contributed by atoms with E-state index < -0.39 is 17.6 Å². The third kappa shape index (κ3) is 3.34. The molecule has 0 aliphatic heterocycles. The molecule has 0 saturated carbocycles. The number of hydrogen-bond donors (Lipinski definition) is 1. The van der Waals surface area contributed by atoms with Crippen molar-refractivity contribution in [3.05, 3.63) is 62.5 Å². The van der Waals surface area contributed by atoms with Gasteiger partial charge in [-0.05, 0) is 30.2 Å². The van der Waals surface area contributed by atoms with Crippen molar-refractivity contribution in [1.29, 1.82) is 0 Å². The smallest absolute Gasteiger partial charge is 0.347 e. The first-order valence-electron chi connectivity index (χ1n) is 7.57. The van der Waals surface area contributed by atoms with E-state index in [1.807, 2.05) is 0 Å². The summed E-state index contributed by atoms with van der Waals surface area (Å²) in [4.78, 5) is 29.6. The minimum absolute atomic E-state index is 0.0795. The molecule has 1 aromatic carbocycles. The summed E-state index contributed by atoms with van der Waals surface area (Å²) in [6, 6.07) is 4.58. The number of nitrogens with one attached hydrogen (secondary N) is 1. The average Bonchev–Trinajstić information content (AvgIpc) is 2.93. The monoisotopic (exact) mass is 381 g/mol. The van der Waals surface area contributed by atoms with E-state index in [0.717, 1.165) is 23.5 Å². The molecule has 0 bridgehead atoms. The zero-order valence-corrected chi connectivity index (χ0v) is 14.7. The number of nitrogens with zero attached hydrogens (tertiary/aromatic N) is 2. The van der Waals surface area contributed by atoms with Crippen LogP contribution in [-0.2, 0) is 19.8 Å². The number of carbonyl (C=O) groups excluding carboxylic acids is 1. The molecule has 26 heavy (non-hydrogen) atoms.